The maximum absolute atomic E-state index is 12.5. The lowest BCUT2D eigenvalue weighted by Crippen LogP contribution is -2.26. The number of nitrogens with zero attached hydrogens (tertiary/aromatic N) is 3. The van der Waals surface area contributed by atoms with Crippen molar-refractivity contribution in [2.45, 2.75) is 45.4 Å². The summed E-state index contributed by atoms with van der Waals surface area (Å²) in [5.41, 5.74) is 6.47. The zero-order valence-corrected chi connectivity index (χ0v) is 16.4. The first kappa shape index (κ1) is 17.4. The number of benzene rings is 1. The summed E-state index contributed by atoms with van der Waals surface area (Å²) >= 11 is 6.58. The fraction of sp³-hybridized carbons (Fsp3) is 0.500. The molecule has 1 N–H and O–H groups in total. The van der Waals surface area contributed by atoms with E-state index in [-0.39, 0.29) is 11.8 Å². The Kier molecular flexibility index (Phi) is 4.43. The molecule has 3 heterocycles. The van der Waals surface area contributed by atoms with E-state index in [1.54, 1.807) is 4.68 Å². The van der Waals surface area contributed by atoms with Crippen LogP contribution in [0.5, 0.6) is 0 Å². The van der Waals surface area contributed by atoms with Gasteiger partial charge in [-0.1, -0.05) is 24.6 Å². The predicted octanol–water partition coefficient (Wildman–Crippen LogP) is 4.02. The molecular weight excluding hydrogens is 348 g/mol. The van der Waals surface area contributed by atoms with Crippen molar-refractivity contribution < 1.29 is 4.79 Å². The molecule has 1 unspecified atom stereocenters. The maximum atomic E-state index is 12.5. The van der Waals surface area contributed by atoms with Gasteiger partial charge in [0.05, 0.1) is 5.69 Å². The molecule has 1 fully saturated rings. The molecule has 2 aliphatic heterocycles. The van der Waals surface area contributed by atoms with Crippen molar-refractivity contribution in [1.29, 1.82) is 0 Å². The molecule has 0 spiro atoms. The van der Waals surface area contributed by atoms with Gasteiger partial charge in [0.2, 0.25) is 5.91 Å². The molecule has 1 atom stereocenters. The molecule has 2 aliphatic rings. The molecule has 1 amide bonds. The highest BCUT2D eigenvalue weighted by molar-refractivity contribution is 6.30. The Hall–Kier alpha value is -2.01. The fourth-order valence-electron chi connectivity index (χ4n) is 4.40. The lowest BCUT2D eigenvalue weighted by molar-refractivity contribution is -0.116. The van der Waals surface area contributed by atoms with E-state index in [9.17, 15) is 4.79 Å². The van der Waals surface area contributed by atoms with Gasteiger partial charge in [0.25, 0.3) is 0 Å². The number of halogens is 1. The molecule has 6 heteroatoms. The third-order valence-electron chi connectivity index (χ3n) is 5.72. The van der Waals surface area contributed by atoms with Crippen LogP contribution < -0.4 is 10.2 Å². The summed E-state index contributed by atoms with van der Waals surface area (Å²) in [6.45, 7) is 6.37. The summed E-state index contributed by atoms with van der Waals surface area (Å²) in [7, 11) is 1.86. The van der Waals surface area contributed by atoms with Crippen LogP contribution in [0.3, 0.4) is 0 Å². The number of hydrogen-bond donors (Lipinski definition) is 1. The highest BCUT2D eigenvalue weighted by Crippen LogP contribution is 2.44. The molecule has 138 valence electrons. The summed E-state index contributed by atoms with van der Waals surface area (Å²) in [4.78, 5) is 14.9. The van der Waals surface area contributed by atoms with Gasteiger partial charge in [-0.05, 0) is 43.4 Å². The van der Waals surface area contributed by atoms with Gasteiger partial charge in [0, 0.05) is 49.4 Å². The number of carbonyl (C=O) groups excluding carboxylic acids is 1. The SMILES string of the molecule is CCc1nn(C)c(Cl)c1C1CC(=O)Nc2c1ccc(N1CCCC1)c2C. The number of carbonyl (C=O) groups is 1. The van der Waals surface area contributed by atoms with Gasteiger partial charge in [-0.25, -0.2) is 0 Å². The molecule has 0 aliphatic carbocycles. The average molecular weight is 373 g/mol. The van der Waals surface area contributed by atoms with E-state index in [1.807, 2.05) is 7.05 Å². The Morgan fingerprint density at radius 1 is 1.31 bits per heavy atom. The third-order valence-corrected chi connectivity index (χ3v) is 6.16. The van der Waals surface area contributed by atoms with E-state index >= 15 is 0 Å². The van der Waals surface area contributed by atoms with Gasteiger partial charge in [-0.15, -0.1) is 0 Å². The van der Waals surface area contributed by atoms with Gasteiger partial charge >= 0.3 is 0 Å². The highest BCUT2D eigenvalue weighted by atomic mass is 35.5. The van der Waals surface area contributed by atoms with Crippen LogP contribution in [-0.2, 0) is 18.3 Å². The highest BCUT2D eigenvalue weighted by Gasteiger charge is 2.33. The Balaban J connectivity index is 1.84. The standard InChI is InChI=1S/C20H25ClN4O/c1-4-15-18(20(21)24(3)23-15)14-11-17(26)22-19-12(2)16(8-7-13(14)19)25-9-5-6-10-25/h7-8,14H,4-6,9-11H2,1-3H3,(H,22,26). The minimum Gasteiger partial charge on any atom is -0.371 e. The number of nitrogens with one attached hydrogen (secondary N) is 1. The first-order valence-corrected chi connectivity index (χ1v) is 9.78. The molecule has 0 radical (unpaired) electrons. The van der Waals surface area contributed by atoms with Crippen LogP contribution in [0.4, 0.5) is 11.4 Å². The second-order valence-corrected chi connectivity index (χ2v) is 7.66. The number of rotatable bonds is 3. The van der Waals surface area contributed by atoms with Crippen molar-refractivity contribution in [1.82, 2.24) is 9.78 Å². The van der Waals surface area contributed by atoms with Crippen molar-refractivity contribution >= 4 is 28.9 Å². The summed E-state index contributed by atoms with van der Waals surface area (Å²) in [6, 6.07) is 4.38. The Labute approximate surface area is 159 Å². The zero-order valence-electron chi connectivity index (χ0n) is 15.6. The molecule has 1 saturated heterocycles. The molecule has 2 aromatic rings. The van der Waals surface area contributed by atoms with E-state index < -0.39 is 0 Å². The number of aryl methyl sites for hydroxylation is 2. The summed E-state index contributed by atoms with van der Waals surface area (Å²) in [5.74, 6) is 0.00683. The van der Waals surface area contributed by atoms with Crippen LogP contribution >= 0.6 is 11.6 Å². The third kappa shape index (κ3) is 2.69. The Morgan fingerprint density at radius 2 is 2.04 bits per heavy atom. The maximum Gasteiger partial charge on any atom is 0.225 e. The van der Waals surface area contributed by atoms with Crippen molar-refractivity contribution in [2.75, 3.05) is 23.3 Å². The molecule has 1 aromatic heterocycles. The van der Waals surface area contributed by atoms with Gasteiger partial charge < -0.3 is 10.2 Å². The second-order valence-electron chi connectivity index (χ2n) is 7.30. The van der Waals surface area contributed by atoms with Gasteiger partial charge in [0.15, 0.2) is 0 Å². The van der Waals surface area contributed by atoms with Crippen molar-refractivity contribution in [3.8, 4) is 0 Å². The molecule has 26 heavy (non-hydrogen) atoms. The van der Waals surface area contributed by atoms with E-state index in [0.29, 0.717) is 11.6 Å². The lowest BCUT2D eigenvalue weighted by Gasteiger charge is -2.30. The average Bonchev–Trinajstić information content (AvgIpc) is 3.24. The van der Waals surface area contributed by atoms with Gasteiger partial charge in [-0.2, -0.15) is 5.10 Å². The van der Waals surface area contributed by atoms with E-state index in [4.69, 9.17) is 11.6 Å². The van der Waals surface area contributed by atoms with Crippen LogP contribution in [0, 0.1) is 6.92 Å². The quantitative estimate of drug-likeness (QED) is 0.885. The predicted molar refractivity (Wildman–Crippen MR) is 105 cm³/mol. The van der Waals surface area contributed by atoms with Crippen molar-refractivity contribution in [3.05, 3.63) is 39.7 Å². The lowest BCUT2D eigenvalue weighted by atomic mass is 9.83. The van der Waals surface area contributed by atoms with E-state index in [1.165, 1.54) is 18.5 Å². The van der Waals surface area contributed by atoms with Crippen LogP contribution in [0.1, 0.15) is 54.5 Å². The van der Waals surface area contributed by atoms with Crippen LogP contribution in [0.2, 0.25) is 5.15 Å². The summed E-state index contributed by atoms with van der Waals surface area (Å²) in [6.07, 6.45) is 3.68. The van der Waals surface area contributed by atoms with Crippen LogP contribution in [0.25, 0.3) is 0 Å². The summed E-state index contributed by atoms with van der Waals surface area (Å²) in [5, 5.41) is 8.30. The number of hydrogen-bond acceptors (Lipinski definition) is 3. The van der Waals surface area contributed by atoms with Crippen LogP contribution in [-0.4, -0.2) is 28.8 Å². The Morgan fingerprint density at radius 3 is 2.73 bits per heavy atom. The van der Waals surface area contributed by atoms with E-state index in [0.717, 1.165) is 47.6 Å². The topological polar surface area (TPSA) is 50.2 Å². The summed E-state index contributed by atoms with van der Waals surface area (Å²) < 4.78 is 1.72. The molecule has 1 aromatic carbocycles. The van der Waals surface area contributed by atoms with Crippen molar-refractivity contribution in [3.63, 3.8) is 0 Å². The van der Waals surface area contributed by atoms with Gasteiger partial charge in [-0.3, -0.25) is 9.48 Å². The monoisotopic (exact) mass is 372 g/mol. The molecule has 4 rings (SSSR count). The molecule has 5 nitrogen and oxygen atoms in total. The van der Waals surface area contributed by atoms with Crippen molar-refractivity contribution in [2.24, 2.45) is 7.05 Å². The molecule has 0 saturated carbocycles. The minimum absolute atomic E-state index is 0.0405. The molecule has 0 bridgehead atoms. The van der Waals surface area contributed by atoms with Crippen LogP contribution in [0.15, 0.2) is 12.1 Å². The fourth-order valence-corrected chi connectivity index (χ4v) is 4.68. The largest absolute Gasteiger partial charge is 0.371 e. The first-order valence-electron chi connectivity index (χ1n) is 9.40. The second kappa shape index (κ2) is 6.62. The first-order chi connectivity index (χ1) is 12.5. The zero-order chi connectivity index (χ0) is 18.4. The molecular formula is C20H25ClN4O. The minimum atomic E-state index is -0.0405. The smallest absolute Gasteiger partial charge is 0.225 e. The normalized spacial score (nSPS) is 19.6. The van der Waals surface area contributed by atoms with E-state index in [2.05, 4.69) is 41.3 Å². The Bertz CT molecular complexity index is 867. The van der Waals surface area contributed by atoms with Gasteiger partial charge in [0.1, 0.15) is 5.15 Å². The number of fused-ring (bicyclic) bond motifs is 1. The number of amides is 1. The number of anilines is 2. The number of aromatic nitrogens is 2.